The molecule has 2 unspecified atom stereocenters. The number of carbonyl (C=O) groups is 1. The van der Waals surface area contributed by atoms with Crippen LogP contribution < -0.4 is 4.90 Å². The van der Waals surface area contributed by atoms with Crippen molar-refractivity contribution in [2.75, 3.05) is 18.0 Å². The van der Waals surface area contributed by atoms with E-state index in [1.54, 1.807) is 0 Å². The Hall–Kier alpha value is -1.85. The molecule has 1 aliphatic heterocycles. The third kappa shape index (κ3) is 2.55. The molecule has 1 aliphatic carbocycles. The van der Waals surface area contributed by atoms with E-state index in [0.717, 1.165) is 25.9 Å². The van der Waals surface area contributed by atoms with E-state index in [1.807, 2.05) is 12.2 Å². The highest BCUT2D eigenvalue weighted by atomic mass is 16.5. The average molecular weight is 277 g/mol. The molecular formula is C14H19N3O3. The average Bonchev–Trinajstić information content (AvgIpc) is 2.98. The largest absolute Gasteiger partial charge is 0.481 e. The lowest BCUT2D eigenvalue weighted by Gasteiger charge is -2.24. The molecule has 6 nitrogen and oxygen atoms in total. The van der Waals surface area contributed by atoms with E-state index < -0.39 is 11.9 Å². The van der Waals surface area contributed by atoms with Crippen molar-refractivity contribution in [2.24, 2.45) is 5.92 Å². The molecule has 1 saturated heterocycles. The maximum atomic E-state index is 11.3. The second-order valence-corrected chi connectivity index (χ2v) is 5.47. The quantitative estimate of drug-likeness (QED) is 0.853. The highest BCUT2D eigenvalue weighted by Crippen LogP contribution is 2.34. The molecule has 0 radical (unpaired) electrons. The predicted octanol–water partition coefficient (Wildman–Crippen LogP) is 2.19. The van der Waals surface area contributed by atoms with Crippen LogP contribution in [0.25, 0.3) is 0 Å². The number of aromatic nitrogens is 2. The minimum absolute atomic E-state index is 0.205. The number of piperidine rings is 1. The van der Waals surface area contributed by atoms with Crippen LogP contribution in [0, 0.1) is 5.92 Å². The maximum absolute atomic E-state index is 11.3. The molecule has 3 rings (SSSR count). The van der Waals surface area contributed by atoms with Gasteiger partial charge in [-0.05, 0) is 37.3 Å². The van der Waals surface area contributed by atoms with Gasteiger partial charge in [-0.25, -0.2) is 0 Å². The summed E-state index contributed by atoms with van der Waals surface area (Å²) in [6.45, 7) is 1.90. The first-order valence-corrected chi connectivity index (χ1v) is 7.22. The van der Waals surface area contributed by atoms with E-state index >= 15 is 0 Å². The maximum Gasteiger partial charge on any atom is 0.307 e. The van der Waals surface area contributed by atoms with Crippen molar-refractivity contribution in [1.82, 2.24) is 10.1 Å². The van der Waals surface area contributed by atoms with Crippen molar-refractivity contribution >= 4 is 11.9 Å². The summed E-state index contributed by atoms with van der Waals surface area (Å²) >= 11 is 0. The number of aliphatic carboxylic acids is 1. The number of carboxylic acid groups (broad SMARTS) is 1. The predicted molar refractivity (Wildman–Crippen MR) is 72.6 cm³/mol. The lowest BCUT2D eigenvalue weighted by Crippen LogP contribution is -2.30. The molecule has 20 heavy (non-hydrogen) atoms. The first-order chi connectivity index (χ1) is 9.75. The normalized spacial score (nSPS) is 26.7. The smallest absolute Gasteiger partial charge is 0.307 e. The number of hydrogen-bond acceptors (Lipinski definition) is 5. The van der Waals surface area contributed by atoms with Crippen molar-refractivity contribution in [3.63, 3.8) is 0 Å². The fraction of sp³-hybridized carbons (Fsp3) is 0.643. The molecule has 0 spiro atoms. The zero-order valence-corrected chi connectivity index (χ0v) is 11.4. The molecule has 0 bridgehead atoms. The summed E-state index contributed by atoms with van der Waals surface area (Å²) in [5.41, 5.74) is 0. The number of allylic oxidation sites excluding steroid dienone is 2. The van der Waals surface area contributed by atoms with E-state index in [2.05, 4.69) is 15.0 Å². The molecule has 6 heteroatoms. The molecule has 2 atom stereocenters. The second-order valence-electron chi connectivity index (χ2n) is 5.47. The van der Waals surface area contributed by atoms with Gasteiger partial charge in [-0.1, -0.05) is 12.2 Å². The zero-order valence-electron chi connectivity index (χ0n) is 11.4. The highest BCUT2D eigenvalue weighted by Gasteiger charge is 2.34. The van der Waals surface area contributed by atoms with Crippen LogP contribution in [0.15, 0.2) is 16.7 Å². The molecule has 2 heterocycles. The standard InChI is InChI=1S/C14H19N3O3/c18-13(19)11-7-3-2-6-10(11)12-15-14(16-20-12)17-8-4-1-5-9-17/h2-3,10-11H,1,4-9H2,(H,18,19). The van der Waals surface area contributed by atoms with Crippen LogP contribution in [0.3, 0.4) is 0 Å². The zero-order chi connectivity index (χ0) is 13.9. The van der Waals surface area contributed by atoms with Crippen molar-refractivity contribution < 1.29 is 14.4 Å². The first-order valence-electron chi connectivity index (χ1n) is 7.22. The van der Waals surface area contributed by atoms with Gasteiger partial charge in [0.25, 0.3) is 5.95 Å². The Kier molecular flexibility index (Phi) is 3.71. The van der Waals surface area contributed by atoms with Crippen molar-refractivity contribution in [2.45, 2.75) is 38.0 Å². The Labute approximate surface area is 117 Å². The van der Waals surface area contributed by atoms with Gasteiger partial charge in [-0.2, -0.15) is 4.98 Å². The molecule has 108 valence electrons. The second kappa shape index (κ2) is 5.64. The van der Waals surface area contributed by atoms with Crippen LogP contribution in [0.2, 0.25) is 0 Å². The fourth-order valence-electron chi connectivity index (χ4n) is 2.96. The molecular weight excluding hydrogens is 258 g/mol. The summed E-state index contributed by atoms with van der Waals surface area (Å²) in [5.74, 6) is -0.393. The van der Waals surface area contributed by atoms with Gasteiger partial charge in [-0.15, -0.1) is 0 Å². The number of hydrogen-bond donors (Lipinski definition) is 1. The Bertz CT molecular complexity index is 506. The summed E-state index contributed by atoms with van der Waals surface area (Å²) in [6, 6.07) is 0. The van der Waals surface area contributed by atoms with Gasteiger partial charge >= 0.3 is 5.97 Å². The van der Waals surface area contributed by atoms with E-state index in [9.17, 15) is 9.90 Å². The Morgan fingerprint density at radius 1 is 1.25 bits per heavy atom. The van der Waals surface area contributed by atoms with E-state index in [1.165, 1.54) is 6.42 Å². The third-order valence-corrected chi connectivity index (χ3v) is 4.14. The van der Waals surface area contributed by atoms with Crippen molar-refractivity contribution in [1.29, 1.82) is 0 Å². The van der Waals surface area contributed by atoms with E-state index in [-0.39, 0.29) is 5.92 Å². The third-order valence-electron chi connectivity index (χ3n) is 4.14. The van der Waals surface area contributed by atoms with Crippen molar-refractivity contribution in [3.05, 3.63) is 18.0 Å². The summed E-state index contributed by atoms with van der Waals surface area (Å²) in [6.07, 6.45) is 8.63. The Balaban J connectivity index is 1.78. The van der Waals surface area contributed by atoms with E-state index in [4.69, 9.17) is 4.52 Å². The topological polar surface area (TPSA) is 79.5 Å². The van der Waals surface area contributed by atoms with Gasteiger partial charge in [0, 0.05) is 13.1 Å². The highest BCUT2D eigenvalue weighted by molar-refractivity contribution is 5.71. The van der Waals surface area contributed by atoms with Crippen LogP contribution in [-0.2, 0) is 4.79 Å². The van der Waals surface area contributed by atoms with Crippen LogP contribution in [0.1, 0.15) is 43.9 Å². The van der Waals surface area contributed by atoms with Crippen LogP contribution in [0.4, 0.5) is 5.95 Å². The Morgan fingerprint density at radius 3 is 2.75 bits per heavy atom. The minimum Gasteiger partial charge on any atom is -0.481 e. The molecule has 0 saturated carbocycles. The fourth-order valence-corrected chi connectivity index (χ4v) is 2.96. The summed E-state index contributed by atoms with van der Waals surface area (Å²) in [4.78, 5) is 17.9. The monoisotopic (exact) mass is 277 g/mol. The summed E-state index contributed by atoms with van der Waals surface area (Å²) in [7, 11) is 0. The van der Waals surface area contributed by atoms with Gasteiger partial charge in [0.15, 0.2) is 0 Å². The number of anilines is 1. The van der Waals surface area contributed by atoms with Crippen LogP contribution in [-0.4, -0.2) is 34.3 Å². The molecule has 2 aliphatic rings. The number of nitrogens with zero attached hydrogens (tertiary/aromatic N) is 3. The van der Waals surface area contributed by atoms with Gasteiger partial charge in [-0.3, -0.25) is 4.79 Å². The minimum atomic E-state index is -0.794. The molecule has 0 aromatic carbocycles. The van der Waals surface area contributed by atoms with Gasteiger partial charge < -0.3 is 14.5 Å². The SMILES string of the molecule is O=C(O)C1CC=CCC1c1nc(N2CCCCC2)no1. The van der Waals surface area contributed by atoms with E-state index in [0.29, 0.717) is 24.7 Å². The molecule has 0 amide bonds. The van der Waals surface area contributed by atoms with Gasteiger partial charge in [0.1, 0.15) is 0 Å². The first kappa shape index (κ1) is 13.1. The summed E-state index contributed by atoms with van der Waals surface area (Å²) in [5, 5.41) is 13.3. The van der Waals surface area contributed by atoms with Crippen LogP contribution >= 0.6 is 0 Å². The molecule has 1 N–H and O–H groups in total. The Morgan fingerprint density at radius 2 is 2.00 bits per heavy atom. The lowest BCUT2D eigenvalue weighted by atomic mass is 9.83. The molecule has 1 fully saturated rings. The van der Waals surface area contributed by atoms with Crippen LogP contribution in [0.5, 0.6) is 0 Å². The molecule has 1 aromatic heterocycles. The summed E-state index contributed by atoms with van der Waals surface area (Å²) < 4.78 is 5.34. The number of carboxylic acids is 1. The van der Waals surface area contributed by atoms with Crippen molar-refractivity contribution in [3.8, 4) is 0 Å². The number of rotatable bonds is 3. The molecule has 1 aromatic rings. The van der Waals surface area contributed by atoms with Gasteiger partial charge in [0.05, 0.1) is 11.8 Å². The lowest BCUT2D eigenvalue weighted by molar-refractivity contribution is -0.142. The van der Waals surface area contributed by atoms with Gasteiger partial charge in [0.2, 0.25) is 5.89 Å².